The smallest absolute Gasteiger partial charge is 0.294 e. The summed E-state index contributed by atoms with van der Waals surface area (Å²) in [6, 6.07) is 0. The average Bonchev–Trinajstić information content (AvgIpc) is 2.76. The van der Waals surface area contributed by atoms with Crippen molar-refractivity contribution < 1.29 is 9.47 Å². The molecule has 0 aliphatic carbocycles. The summed E-state index contributed by atoms with van der Waals surface area (Å²) < 4.78 is 10.9. The second kappa shape index (κ2) is 6.12. The lowest BCUT2D eigenvalue weighted by Gasteiger charge is -2.21. The summed E-state index contributed by atoms with van der Waals surface area (Å²) in [5.74, 6) is 0.602. The van der Waals surface area contributed by atoms with E-state index in [1.807, 2.05) is 7.05 Å². The molecule has 0 saturated carbocycles. The van der Waals surface area contributed by atoms with Gasteiger partial charge in [-0.3, -0.25) is 0 Å². The molecule has 1 fully saturated rings. The Bertz CT molecular complexity index is 313. The van der Waals surface area contributed by atoms with Crippen LogP contribution in [-0.2, 0) is 11.3 Å². The molecule has 16 heavy (non-hydrogen) atoms. The van der Waals surface area contributed by atoms with E-state index in [-0.39, 0.29) is 0 Å². The normalized spacial score (nSPS) is 17.6. The number of nitrogens with zero attached hydrogens (tertiary/aromatic N) is 2. The lowest BCUT2D eigenvalue weighted by atomic mass is 10.0. The Kier molecular flexibility index (Phi) is 4.50. The van der Waals surface area contributed by atoms with Crippen LogP contribution in [0.2, 0.25) is 0 Å². The minimum absolute atomic E-state index is 0.602. The lowest BCUT2D eigenvalue weighted by molar-refractivity contribution is 0.0496. The van der Waals surface area contributed by atoms with Gasteiger partial charge in [0.1, 0.15) is 5.01 Å². The van der Waals surface area contributed by atoms with E-state index in [9.17, 15) is 0 Å². The molecule has 0 bridgehead atoms. The van der Waals surface area contributed by atoms with E-state index in [1.165, 1.54) is 11.3 Å². The Hall–Kier alpha value is -0.720. The summed E-state index contributed by atoms with van der Waals surface area (Å²) in [6.45, 7) is 3.19. The van der Waals surface area contributed by atoms with Gasteiger partial charge in [0.25, 0.3) is 5.19 Å². The molecule has 1 aliphatic rings. The molecule has 0 amide bonds. The van der Waals surface area contributed by atoms with Gasteiger partial charge in [0.2, 0.25) is 0 Å². The van der Waals surface area contributed by atoms with E-state index < -0.39 is 0 Å². The Morgan fingerprint density at radius 2 is 2.25 bits per heavy atom. The minimum atomic E-state index is 0.602. The highest BCUT2D eigenvalue weighted by atomic mass is 32.1. The Morgan fingerprint density at radius 1 is 1.44 bits per heavy atom. The van der Waals surface area contributed by atoms with Crippen molar-refractivity contribution in [3.63, 3.8) is 0 Å². The summed E-state index contributed by atoms with van der Waals surface area (Å²) in [7, 11) is 1.89. The van der Waals surface area contributed by atoms with Gasteiger partial charge >= 0.3 is 0 Å². The van der Waals surface area contributed by atoms with Gasteiger partial charge in [-0.25, -0.2) is 0 Å². The highest BCUT2D eigenvalue weighted by Gasteiger charge is 2.15. The van der Waals surface area contributed by atoms with Crippen molar-refractivity contribution in [2.45, 2.75) is 19.4 Å². The van der Waals surface area contributed by atoms with E-state index in [2.05, 4.69) is 15.5 Å². The first kappa shape index (κ1) is 11.8. The first-order valence-corrected chi connectivity index (χ1v) is 6.37. The van der Waals surface area contributed by atoms with Crippen LogP contribution in [0.25, 0.3) is 0 Å². The van der Waals surface area contributed by atoms with Gasteiger partial charge in [0.15, 0.2) is 0 Å². The van der Waals surface area contributed by atoms with Gasteiger partial charge in [-0.05, 0) is 25.8 Å². The zero-order valence-corrected chi connectivity index (χ0v) is 10.3. The van der Waals surface area contributed by atoms with Crippen molar-refractivity contribution in [3.8, 4) is 5.19 Å². The van der Waals surface area contributed by atoms with E-state index >= 15 is 0 Å². The van der Waals surface area contributed by atoms with Gasteiger partial charge in [0.05, 0.1) is 6.61 Å². The third kappa shape index (κ3) is 3.40. The molecule has 0 radical (unpaired) electrons. The Balaban J connectivity index is 1.75. The van der Waals surface area contributed by atoms with Crippen LogP contribution in [0.5, 0.6) is 5.19 Å². The zero-order valence-electron chi connectivity index (χ0n) is 9.44. The fourth-order valence-electron chi connectivity index (χ4n) is 1.62. The molecule has 0 unspecified atom stereocenters. The van der Waals surface area contributed by atoms with Crippen molar-refractivity contribution in [1.82, 2.24) is 15.5 Å². The molecule has 5 nitrogen and oxygen atoms in total. The highest BCUT2D eigenvalue weighted by Crippen LogP contribution is 2.20. The van der Waals surface area contributed by atoms with Crippen LogP contribution in [0.1, 0.15) is 17.8 Å². The number of hydrogen-bond donors (Lipinski definition) is 1. The summed E-state index contributed by atoms with van der Waals surface area (Å²) in [5, 5.41) is 12.7. The molecule has 6 heteroatoms. The molecular formula is C10H17N3O2S. The van der Waals surface area contributed by atoms with Crippen molar-refractivity contribution >= 4 is 11.3 Å². The highest BCUT2D eigenvalue weighted by molar-refractivity contribution is 7.13. The molecular weight excluding hydrogens is 226 g/mol. The fraction of sp³-hybridized carbons (Fsp3) is 0.800. The first-order valence-electron chi connectivity index (χ1n) is 5.56. The van der Waals surface area contributed by atoms with Gasteiger partial charge in [0, 0.05) is 19.8 Å². The SMILES string of the molecule is CNCc1nnc(OCC2CCOCC2)s1. The summed E-state index contributed by atoms with van der Waals surface area (Å²) in [6.07, 6.45) is 2.17. The number of aromatic nitrogens is 2. The van der Waals surface area contributed by atoms with Crippen LogP contribution in [-0.4, -0.2) is 37.1 Å². The van der Waals surface area contributed by atoms with Crippen LogP contribution >= 0.6 is 11.3 Å². The average molecular weight is 243 g/mol. The number of hydrogen-bond acceptors (Lipinski definition) is 6. The molecule has 2 heterocycles. The summed E-state index contributed by atoms with van der Waals surface area (Å²) >= 11 is 1.51. The maximum Gasteiger partial charge on any atom is 0.294 e. The molecule has 0 atom stereocenters. The maximum absolute atomic E-state index is 5.63. The quantitative estimate of drug-likeness (QED) is 0.838. The van der Waals surface area contributed by atoms with E-state index in [0.29, 0.717) is 11.1 Å². The Labute approximate surface area is 99.2 Å². The molecule has 1 N–H and O–H groups in total. The first-order chi connectivity index (χ1) is 7.88. The van der Waals surface area contributed by atoms with Crippen LogP contribution < -0.4 is 10.1 Å². The van der Waals surface area contributed by atoms with Crippen LogP contribution in [0, 0.1) is 5.92 Å². The number of rotatable bonds is 5. The van der Waals surface area contributed by atoms with E-state index in [1.54, 1.807) is 0 Å². The predicted octanol–water partition coefficient (Wildman–Crippen LogP) is 1.06. The summed E-state index contributed by atoms with van der Waals surface area (Å²) in [4.78, 5) is 0. The molecule has 2 rings (SSSR count). The predicted molar refractivity (Wildman–Crippen MR) is 61.7 cm³/mol. The van der Waals surface area contributed by atoms with Gasteiger partial charge in [-0.1, -0.05) is 11.3 Å². The molecule has 0 spiro atoms. The topological polar surface area (TPSA) is 56.3 Å². The molecule has 1 aromatic heterocycles. The fourth-order valence-corrected chi connectivity index (χ4v) is 2.33. The van der Waals surface area contributed by atoms with Crippen molar-refractivity contribution in [2.24, 2.45) is 5.92 Å². The second-order valence-corrected chi connectivity index (χ2v) is 4.88. The van der Waals surface area contributed by atoms with Crippen LogP contribution in [0.15, 0.2) is 0 Å². The van der Waals surface area contributed by atoms with Crippen molar-refractivity contribution in [2.75, 3.05) is 26.9 Å². The zero-order chi connectivity index (χ0) is 11.2. The van der Waals surface area contributed by atoms with E-state index in [4.69, 9.17) is 9.47 Å². The number of ether oxygens (including phenoxy) is 2. The Morgan fingerprint density at radius 3 is 3.00 bits per heavy atom. The van der Waals surface area contributed by atoms with Crippen molar-refractivity contribution in [1.29, 1.82) is 0 Å². The largest absolute Gasteiger partial charge is 0.469 e. The van der Waals surface area contributed by atoms with Gasteiger partial charge in [-0.15, -0.1) is 10.2 Å². The third-order valence-corrected chi connectivity index (χ3v) is 3.40. The van der Waals surface area contributed by atoms with Gasteiger partial charge in [-0.2, -0.15) is 0 Å². The molecule has 0 aromatic carbocycles. The third-order valence-electron chi connectivity index (χ3n) is 2.56. The van der Waals surface area contributed by atoms with Gasteiger partial charge < -0.3 is 14.8 Å². The molecule has 90 valence electrons. The van der Waals surface area contributed by atoms with Crippen LogP contribution in [0.3, 0.4) is 0 Å². The van der Waals surface area contributed by atoms with Crippen LogP contribution in [0.4, 0.5) is 0 Å². The van der Waals surface area contributed by atoms with Crippen molar-refractivity contribution in [3.05, 3.63) is 5.01 Å². The molecule has 1 saturated heterocycles. The maximum atomic E-state index is 5.63. The van der Waals surface area contributed by atoms with E-state index in [0.717, 1.165) is 44.2 Å². The monoisotopic (exact) mass is 243 g/mol. The lowest BCUT2D eigenvalue weighted by Crippen LogP contribution is -2.21. The molecule has 1 aromatic rings. The summed E-state index contributed by atoms with van der Waals surface area (Å²) in [5.41, 5.74) is 0. The number of nitrogens with one attached hydrogen (secondary N) is 1. The molecule has 1 aliphatic heterocycles. The minimum Gasteiger partial charge on any atom is -0.469 e. The standard InChI is InChI=1S/C10H17N3O2S/c1-11-6-9-12-13-10(16-9)15-7-8-2-4-14-5-3-8/h8,11H,2-7H2,1H3. The second-order valence-electron chi connectivity index (χ2n) is 3.86.